The third-order valence-corrected chi connectivity index (χ3v) is 12.7. The van der Waals surface area contributed by atoms with Crippen LogP contribution in [0.15, 0.2) is 243 Å². The average molecular weight is 846 g/mol. The Bertz CT molecular complexity index is 3480. The summed E-state index contributed by atoms with van der Waals surface area (Å²) < 4.78 is 2.41. The summed E-state index contributed by atoms with van der Waals surface area (Å²) in [5, 5.41) is 4.53. The fraction of sp³-hybridized carbons (Fsp3) is 0.0164. The molecule has 0 spiro atoms. The summed E-state index contributed by atoms with van der Waals surface area (Å²) in [7, 11) is 0. The second-order valence-corrected chi connectivity index (χ2v) is 16.7. The van der Waals surface area contributed by atoms with Crippen LogP contribution in [0, 0.1) is 6.92 Å². The molecule has 0 atom stereocenters. The van der Waals surface area contributed by atoms with Crippen molar-refractivity contribution in [3.05, 3.63) is 248 Å². The average Bonchev–Trinajstić information content (AvgIpc) is 3.70. The molecule has 0 radical (unpaired) electrons. The van der Waals surface area contributed by atoms with Crippen LogP contribution < -0.4 is 9.80 Å². The van der Waals surface area contributed by atoms with E-state index in [0.29, 0.717) is 0 Å². The quantitative estimate of drug-likeness (QED) is 0.136. The maximum absolute atomic E-state index is 4.76. The van der Waals surface area contributed by atoms with Crippen molar-refractivity contribution >= 4 is 77.7 Å². The molecule has 0 fully saturated rings. The van der Waals surface area contributed by atoms with Gasteiger partial charge in [0, 0.05) is 73.8 Å². The smallest absolute Gasteiger partial charge is 0.0970 e. The standard InChI is InChI=1S/C61H43N5/c1-42-38-44(55-39-45-16-14-36-62-60(45)61-54(55)25-15-37-63-61)28-33-53(42)43-26-29-50(30-27-43)66-58-34-31-51(64(46-17-6-2-7-18-46)47-19-8-3-9-20-47)40-56(58)57-41-52(32-35-59(57)66)65(48-21-10-4-11-22-48)49-23-12-5-13-24-49/h2-41H,1H3. The summed E-state index contributed by atoms with van der Waals surface area (Å²) >= 11 is 0. The van der Waals surface area contributed by atoms with Crippen molar-refractivity contribution in [3.8, 4) is 27.9 Å². The Morgan fingerprint density at radius 2 is 0.833 bits per heavy atom. The van der Waals surface area contributed by atoms with Gasteiger partial charge in [-0.1, -0.05) is 115 Å². The van der Waals surface area contributed by atoms with Gasteiger partial charge >= 0.3 is 0 Å². The molecule has 3 aromatic heterocycles. The summed E-state index contributed by atoms with van der Waals surface area (Å²) in [6, 6.07) is 82.7. The number of hydrogen-bond acceptors (Lipinski definition) is 4. The van der Waals surface area contributed by atoms with Crippen molar-refractivity contribution in [2.24, 2.45) is 0 Å². The number of fused-ring (bicyclic) bond motifs is 6. The highest BCUT2D eigenvalue weighted by Gasteiger charge is 2.20. The maximum atomic E-state index is 4.76. The summed E-state index contributed by atoms with van der Waals surface area (Å²) in [6.45, 7) is 2.21. The van der Waals surface area contributed by atoms with Gasteiger partial charge in [0.1, 0.15) is 0 Å². The molecule has 0 saturated heterocycles. The van der Waals surface area contributed by atoms with Gasteiger partial charge in [-0.3, -0.25) is 9.97 Å². The molecule has 0 amide bonds. The molecule has 3 heterocycles. The number of anilines is 6. The predicted molar refractivity (Wildman–Crippen MR) is 276 cm³/mol. The first kappa shape index (κ1) is 38.8. The van der Waals surface area contributed by atoms with Crippen LogP contribution in [-0.2, 0) is 0 Å². The first-order valence-corrected chi connectivity index (χ1v) is 22.4. The van der Waals surface area contributed by atoms with Gasteiger partial charge < -0.3 is 14.4 Å². The van der Waals surface area contributed by atoms with Crippen LogP contribution in [0.2, 0.25) is 0 Å². The van der Waals surface area contributed by atoms with Gasteiger partial charge in [-0.05, 0) is 150 Å². The van der Waals surface area contributed by atoms with Gasteiger partial charge in [-0.15, -0.1) is 0 Å². The third-order valence-electron chi connectivity index (χ3n) is 12.7. The SMILES string of the molecule is Cc1cc(-c2cc3cccnc3c3ncccc23)ccc1-c1ccc(-n2c3ccc(N(c4ccccc4)c4ccccc4)cc3c3cc(N(c4ccccc4)c4ccccc4)ccc32)cc1. The van der Waals surface area contributed by atoms with E-state index in [1.807, 2.05) is 24.5 Å². The van der Waals surface area contributed by atoms with Gasteiger partial charge in [0.2, 0.25) is 0 Å². The zero-order chi connectivity index (χ0) is 44.0. The molecular formula is C61H43N5. The third kappa shape index (κ3) is 6.82. The molecule has 0 N–H and O–H groups in total. The second-order valence-electron chi connectivity index (χ2n) is 16.7. The van der Waals surface area contributed by atoms with Crippen LogP contribution in [-0.4, -0.2) is 14.5 Å². The van der Waals surface area contributed by atoms with E-state index in [-0.39, 0.29) is 0 Å². The highest BCUT2D eigenvalue weighted by atomic mass is 15.1. The van der Waals surface area contributed by atoms with E-state index in [9.17, 15) is 0 Å². The highest BCUT2D eigenvalue weighted by molar-refractivity contribution is 6.12. The van der Waals surface area contributed by atoms with Crippen LogP contribution in [0.1, 0.15) is 5.56 Å². The van der Waals surface area contributed by atoms with Gasteiger partial charge in [0.25, 0.3) is 0 Å². The number of rotatable bonds is 9. The molecule has 0 unspecified atom stereocenters. The molecule has 12 aromatic rings. The molecule has 0 bridgehead atoms. The topological polar surface area (TPSA) is 37.2 Å². The fourth-order valence-electron chi connectivity index (χ4n) is 9.72. The Labute approximate surface area is 383 Å². The minimum atomic E-state index is 0.926. The van der Waals surface area contributed by atoms with Crippen molar-refractivity contribution in [1.29, 1.82) is 0 Å². The Morgan fingerprint density at radius 1 is 0.348 bits per heavy atom. The number of nitrogens with zero attached hydrogens (tertiary/aromatic N) is 5. The second kappa shape index (κ2) is 16.4. The van der Waals surface area contributed by atoms with Crippen LogP contribution in [0.4, 0.5) is 34.1 Å². The molecule has 0 aliphatic heterocycles. The Hall–Kier alpha value is -8.80. The van der Waals surface area contributed by atoms with Crippen LogP contribution in [0.3, 0.4) is 0 Å². The van der Waals surface area contributed by atoms with E-state index < -0.39 is 0 Å². The van der Waals surface area contributed by atoms with Crippen molar-refractivity contribution in [3.63, 3.8) is 0 Å². The lowest BCUT2D eigenvalue weighted by Crippen LogP contribution is -2.09. The number of aryl methyl sites for hydroxylation is 1. The van der Waals surface area contributed by atoms with Gasteiger partial charge in [-0.2, -0.15) is 0 Å². The zero-order valence-corrected chi connectivity index (χ0v) is 36.3. The first-order valence-electron chi connectivity index (χ1n) is 22.4. The van der Waals surface area contributed by atoms with Crippen molar-refractivity contribution in [2.45, 2.75) is 6.92 Å². The molecule has 0 aliphatic carbocycles. The molecule has 5 nitrogen and oxygen atoms in total. The van der Waals surface area contributed by atoms with Gasteiger partial charge in [-0.25, -0.2) is 0 Å². The van der Waals surface area contributed by atoms with Crippen molar-refractivity contribution in [2.75, 3.05) is 9.80 Å². The van der Waals surface area contributed by atoms with Crippen molar-refractivity contribution in [1.82, 2.24) is 14.5 Å². The van der Waals surface area contributed by atoms with Gasteiger partial charge in [0.05, 0.1) is 22.1 Å². The molecular weight excluding hydrogens is 803 g/mol. The van der Waals surface area contributed by atoms with Crippen LogP contribution in [0.5, 0.6) is 0 Å². The maximum Gasteiger partial charge on any atom is 0.0970 e. The van der Waals surface area contributed by atoms with E-state index in [2.05, 4.69) is 245 Å². The summed E-state index contributed by atoms with van der Waals surface area (Å²) in [5.74, 6) is 0. The number of para-hydroxylation sites is 4. The largest absolute Gasteiger partial charge is 0.310 e. The van der Waals surface area contributed by atoms with Crippen LogP contribution in [0.25, 0.3) is 71.6 Å². The van der Waals surface area contributed by atoms with E-state index in [4.69, 9.17) is 4.98 Å². The molecule has 0 aliphatic rings. The zero-order valence-electron chi connectivity index (χ0n) is 36.3. The van der Waals surface area contributed by atoms with E-state index in [1.54, 1.807) is 0 Å². The first-order chi connectivity index (χ1) is 32.7. The van der Waals surface area contributed by atoms with E-state index >= 15 is 0 Å². The molecule has 9 aromatic carbocycles. The van der Waals surface area contributed by atoms with Crippen molar-refractivity contribution < 1.29 is 0 Å². The Balaban J connectivity index is 0.991. The molecule has 66 heavy (non-hydrogen) atoms. The molecule has 12 rings (SSSR count). The minimum absolute atomic E-state index is 0.926. The fourth-order valence-corrected chi connectivity index (χ4v) is 9.72. The summed E-state index contributed by atoms with van der Waals surface area (Å²) in [6.07, 6.45) is 3.69. The number of pyridine rings is 2. The highest BCUT2D eigenvalue weighted by Crippen LogP contribution is 2.43. The summed E-state index contributed by atoms with van der Waals surface area (Å²) in [4.78, 5) is 14.1. The number of benzene rings is 9. The Morgan fingerprint density at radius 3 is 1.35 bits per heavy atom. The lowest BCUT2D eigenvalue weighted by Gasteiger charge is -2.26. The van der Waals surface area contributed by atoms with E-state index in [0.717, 1.165) is 83.8 Å². The Kier molecular flexibility index (Phi) is 9.65. The lowest BCUT2D eigenvalue weighted by atomic mass is 9.93. The molecule has 0 saturated carbocycles. The number of hydrogen-bond donors (Lipinski definition) is 0. The number of aromatic nitrogens is 3. The monoisotopic (exact) mass is 845 g/mol. The summed E-state index contributed by atoms with van der Waals surface area (Å²) in [5.41, 5.74) is 17.7. The molecule has 5 heteroatoms. The van der Waals surface area contributed by atoms with Gasteiger partial charge in [0.15, 0.2) is 0 Å². The normalized spacial score (nSPS) is 11.4. The minimum Gasteiger partial charge on any atom is -0.310 e. The lowest BCUT2D eigenvalue weighted by molar-refractivity contribution is 1.18. The van der Waals surface area contributed by atoms with Crippen LogP contribution >= 0.6 is 0 Å². The predicted octanol–water partition coefficient (Wildman–Crippen LogP) is 16.5. The van der Waals surface area contributed by atoms with E-state index in [1.165, 1.54) is 27.5 Å². The molecule has 312 valence electrons.